The third-order valence-electron chi connectivity index (χ3n) is 3.41. The molecule has 1 aromatic heterocycles. The van der Waals surface area contributed by atoms with Crippen molar-refractivity contribution >= 4 is 0 Å². The Labute approximate surface area is 116 Å². The van der Waals surface area contributed by atoms with Gasteiger partial charge in [-0.15, -0.1) is 0 Å². The van der Waals surface area contributed by atoms with Crippen LogP contribution in [0.2, 0.25) is 0 Å². The van der Waals surface area contributed by atoms with Crippen LogP contribution in [0.3, 0.4) is 0 Å². The monoisotopic (exact) mass is 262 g/mol. The van der Waals surface area contributed by atoms with E-state index in [4.69, 9.17) is 0 Å². The summed E-state index contributed by atoms with van der Waals surface area (Å²) in [4.78, 5) is 4.41. The molecule has 0 aliphatic heterocycles. The highest BCUT2D eigenvalue weighted by atomic mass is 15.1. The predicted octanol–water partition coefficient (Wildman–Crippen LogP) is 3.24. The zero-order valence-electron chi connectivity index (χ0n) is 12.8. The molecular weight excluding hydrogens is 236 g/mol. The maximum Gasteiger partial charge on any atom is 0.111 e. The first kappa shape index (κ1) is 15.7. The zero-order valence-corrected chi connectivity index (χ0v) is 12.8. The van der Waals surface area contributed by atoms with Crippen molar-refractivity contribution in [3.05, 3.63) is 18.2 Å². The molecule has 2 atom stereocenters. The Hall–Kier alpha value is -1.34. The zero-order chi connectivity index (χ0) is 14.5. The number of aromatic nitrogens is 2. The van der Waals surface area contributed by atoms with Gasteiger partial charge < -0.3 is 4.57 Å². The number of nitrogens with one attached hydrogen (secondary N) is 1. The molecule has 0 spiro atoms. The number of nitrogens with zero attached hydrogens (tertiary/aromatic N) is 3. The Morgan fingerprint density at radius 1 is 1.47 bits per heavy atom. The Bertz CT molecular complexity index is 430. The molecule has 0 aliphatic rings. The summed E-state index contributed by atoms with van der Waals surface area (Å²) in [6, 6.07) is 2.67. The average molecular weight is 262 g/mol. The fourth-order valence-corrected chi connectivity index (χ4v) is 2.39. The van der Waals surface area contributed by atoms with Crippen molar-refractivity contribution in [3.8, 4) is 6.07 Å². The summed E-state index contributed by atoms with van der Waals surface area (Å²) >= 11 is 0. The molecule has 19 heavy (non-hydrogen) atoms. The van der Waals surface area contributed by atoms with Gasteiger partial charge in [-0.25, -0.2) is 4.98 Å². The maximum atomic E-state index is 9.40. The van der Waals surface area contributed by atoms with Crippen LogP contribution in [0.1, 0.15) is 65.2 Å². The number of hydrogen-bond acceptors (Lipinski definition) is 3. The van der Waals surface area contributed by atoms with Gasteiger partial charge in [-0.2, -0.15) is 5.26 Å². The van der Waals surface area contributed by atoms with E-state index < -0.39 is 5.54 Å². The minimum Gasteiger partial charge on any atom is -0.332 e. The summed E-state index contributed by atoms with van der Waals surface area (Å²) in [5.41, 5.74) is -0.478. The van der Waals surface area contributed by atoms with Gasteiger partial charge in [0.15, 0.2) is 0 Å². The van der Waals surface area contributed by atoms with Gasteiger partial charge >= 0.3 is 0 Å². The molecular formula is C15H26N4. The third-order valence-corrected chi connectivity index (χ3v) is 3.41. The second-order valence-corrected chi connectivity index (χ2v) is 5.77. The quantitative estimate of drug-likeness (QED) is 0.820. The molecule has 0 aromatic carbocycles. The van der Waals surface area contributed by atoms with E-state index in [0.29, 0.717) is 5.92 Å². The van der Waals surface area contributed by atoms with Gasteiger partial charge in [-0.05, 0) is 33.2 Å². The summed E-state index contributed by atoms with van der Waals surface area (Å²) in [5, 5.41) is 12.7. The normalized spacial score (nSPS) is 16.1. The standard InChI is InChI=1S/C15H26N4/c1-6-7-18-15(5,11-16)10-13(4)19-9-8-17-14(19)12(2)3/h8-9,12-13,18H,6-7,10H2,1-5H3. The molecule has 1 rings (SSSR count). The van der Waals surface area contributed by atoms with Gasteiger partial charge in [0.05, 0.1) is 6.07 Å². The van der Waals surface area contributed by atoms with Crippen LogP contribution in [0.4, 0.5) is 0 Å². The number of nitriles is 1. The highest BCUT2D eigenvalue weighted by molar-refractivity contribution is 5.07. The maximum absolute atomic E-state index is 9.40. The minimum absolute atomic E-state index is 0.258. The van der Waals surface area contributed by atoms with Gasteiger partial charge in [0, 0.05) is 24.4 Å². The van der Waals surface area contributed by atoms with Crippen molar-refractivity contribution in [1.82, 2.24) is 14.9 Å². The van der Waals surface area contributed by atoms with E-state index in [-0.39, 0.29) is 6.04 Å². The second kappa shape index (κ2) is 6.72. The van der Waals surface area contributed by atoms with E-state index in [0.717, 1.165) is 25.2 Å². The van der Waals surface area contributed by atoms with Gasteiger partial charge in [0.25, 0.3) is 0 Å². The van der Waals surface area contributed by atoms with Crippen molar-refractivity contribution in [2.24, 2.45) is 0 Å². The van der Waals surface area contributed by atoms with Crippen LogP contribution in [0.25, 0.3) is 0 Å². The van der Waals surface area contributed by atoms with E-state index >= 15 is 0 Å². The fourth-order valence-electron chi connectivity index (χ4n) is 2.39. The molecule has 0 saturated heterocycles. The lowest BCUT2D eigenvalue weighted by atomic mass is 9.94. The lowest BCUT2D eigenvalue weighted by molar-refractivity contribution is 0.342. The van der Waals surface area contributed by atoms with Crippen molar-refractivity contribution < 1.29 is 0 Å². The highest BCUT2D eigenvalue weighted by Crippen LogP contribution is 2.24. The van der Waals surface area contributed by atoms with Crippen LogP contribution in [0.5, 0.6) is 0 Å². The van der Waals surface area contributed by atoms with E-state index in [1.807, 2.05) is 19.3 Å². The lowest BCUT2D eigenvalue weighted by Crippen LogP contribution is -2.43. The van der Waals surface area contributed by atoms with Crippen molar-refractivity contribution in [1.29, 1.82) is 5.26 Å². The smallest absolute Gasteiger partial charge is 0.111 e. The molecule has 0 amide bonds. The molecule has 1 aromatic rings. The Morgan fingerprint density at radius 2 is 2.16 bits per heavy atom. The largest absolute Gasteiger partial charge is 0.332 e. The van der Waals surface area contributed by atoms with Crippen LogP contribution in [-0.2, 0) is 0 Å². The summed E-state index contributed by atoms with van der Waals surface area (Å²) in [5.74, 6) is 1.48. The molecule has 106 valence electrons. The molecule has 0 radical (unpaired) electrons. The molecule has 1 N–H and O–H groups in total. The lowest BCUT2D eigenvalue weighted by Gasteiger charge is -2.28. The molecule has 2 unspecified atom stereocenters. The van der Waals surface area contributed by atoms with Crippen molar-refractivity contribution in [3.63, 3.8) is 0 Å². The topological polar surface area (TPSA) is 53.6 Å². The van der Waals surface area contributed by atoms with E-state index in [2.05, 4.69) is 48.6 Å². The first-order valence-electron chi connectivity index (χ1n) is 7.12. The van der Waals surface area contributed by atoms with E-state index in [1.165, 1.54) is 0 Å². The third kappa shape index (κ3) is 4.07. The highest BCUT2D eigenvalue weighted by Gasteiger charge is 2.27. The van der Waals surface area contributed by atoms with Gasteiger partial charge in [-0.1, -0.05) is 20.8 Å². The van der Waals surface area contributed by atoms with Gasteiger partial charge in [-0.3, -0.25) is 5.32 Å². The van der Waals surface area contributed by atoms with Crippen LogP contribution in [0, 0.1) is 11.3 Å². The summed E-state index contributed by atoms with van der Waals surface area (Å²) in [6.45, 7) is 11.4. The summed E-state index contributed by atoms with van der Waals surface area (Å²) in [7, 11) is 0. The fraction of sp³-hybridized carbons (Fsp3) is 0.733. The Morgan fingerprint density at radius 3 is 2.68 bits per heavy atom. The molecule has 0 aliphatic carbocycles. The van der Waals surface area contributed by atoms with Gasteiger partial charge in [0.1, 0.15) is 11.4 Å². The van der Waals surface area contributed by atoms with Crippen LogP contribution in [-0.4, -0.2) is 21.6 Å². The van der Waals surface area contributed by atoms with Crippen molar-refractivity contribution in [2.75, 3.05) is 6.54 Å². The van der Waals surface area contributed by atoms with Crippen LogP contribution in [0.15, 0.2) is 12.4 Å². The number of imidazole rings is 1. The van der Waals surface area contributed by atoms with Gasteiger partial charge in [0.2, 0.25) is 0 Å². The number of rotatable bonds is 7. The predicted molar refractivity (Wildman–Crippen MR) is 78.0 cm³/mol. The van der Waals surface area contributed by atoms with Crippen LogP contribution < -0.4 is 5.32 Å². The summed E-state index contributed by atoms with van der Waals surface area (Å²) < 4.78 is 2.19. The molecule has 1 heterocycles. The first-order valence-corrected chi connectivity index (χ1v) is 7.12. The molecule has 0 bridgehead atoms. The number of hydrogen-bond donors (Lipinski definition) is 1. The SMILES string of the molecule is CCCNC(C)(C#N)CC(C)n1ccnc1C(C)C. The minimum atomic E-state index is -0.478. The van der Waals surface area contributed by atoms with Crippen molar-refractivity contribution in [2.45, 2.75) is 65.0 Å². The second-order valence-electron chi connectivity index (χ2n) is 5.77. The van der Waals surface area contributed by atoms with Crippen LogP contribution >= 0.6 is 0 Å². The summed E-state index contributed by atoms with van der Waals surface area (Å²) in [6.07, 6.45) is 5.67. The van der Waals surface area contributed by atoms with E-state index in [1.54, 1.807) is 0 Å². The molecule has 4 nitrogen and oxygen atoms in total. The molecule has 0 saturated carbocycles. The van der Waals surface area contributed by atoms with E-state index in [9.17, 15) is 5.26 Å². The molecule has 4 heteroatoms. The molecule has 0 fully saturated rings. The Balaban J connectivity index is 2.80. The first-order chi connectivity index (χ1) is 8.93. The average Bonchev–Trinajstić information content (AvgIpc) is 2.85. The Kier molecular flexibility index (Phi) is 5.56.